The molecular weight excluding hydrogens is 342 g/mol. The molecule has 0 aliphatic rings. The van der Waals surface area contributed by atoms with Crippen LogP contribution in [0, 0.1) is 0 Å². The monoisotopic (exact) mass is 363 g/mol. The smallest absolute Gasteiger partial charge is 0.264 e. The third-order valence-electron chi connectivity index (χ3n) is 4.04. The Kier molecular flexibility index (Phi) is 5.99. The highest BCUT2D eigenvalue weighted by Gasteiger charge is 2.05. The second-order valence-electron chi connectivity index (χ2n) is 6.12. The maximum atomic E-state index is 12.1. The number of nitrogens with one attached hydrogen (secondary N) is 2. The fourth-order valence-electron chi connectivity index (χ4n) is 2.60. The lowest BCUT2D eigenvalue weighted by atomic mass is 10.1. The molecule has 0 aliphatic heterocycles. The van der Waals surface area contributed by atoms with E-state index in [4.69, 9.17) is 4.74 Å². The van der Waals surface area contributed by atoms with Crippen molar-refractivity contribution >= 4 is 11.6 Å². The van der Waals surface area contributed by atoms with Crippen LogP contribution in [0.5, 0.6) is 5.75 Å². The maximum Gasteiger partial charge on any atom is 0.264 e. The summed E-state index contributed by atoms with van der Waals surface area (Å²) in [4.78, 5) is 23.1. The van der Waals surface area contributed by atoms with Crippen LogP contribution in [0.25, 0.3) is 0 Å². The molecule has 0 radical (unpaired) electrons. The van der Waals surface area contributed by atoms with Crippen LogP contribution in [0.15, 0.2) is 65.5 Å². The van der Waals surface area contributed by atoms with Gasteiger partial charge < -0.3 is 10.1 Å². The number of carbonyl (C=O) groups is 1. The van der Waals surface area contributed by atoms with Gasteiger partial charge in [0.05, 0.1) is 5.69 Å². The van der Waals surface area contributed by atoms with Gasteiger partial charge in [-0.05, 0) is 47.9 Å². The Labute approximate surface area is 157 Å². The first kappa shape index (κ1) is 18.4. The Morgan fingerprint density at radius 2 is 1.89 bits per heavy atom. The zero-order valence-corrected chi connectivity index (χ0v) is 15.1. The van der Waals surface area contributed by atoms with Crippen molar-refractivity contribution in [3.8, 4) is 5.75 Å². The molecule has 0 aliphatic carbocycles. The van der Waals surface area contributed by atoms with Crippen LogP contribution in [0.4, 0.5) is 5.69 Å². The molecule has 6 nitrogen and oxygen atoms in total. The van der Waals surface area contributed by atoms with Gasteiger partial charge in [0.25, 0.3) is 11.5 Å². The number of aryl methyl sites for hydroxylation is 1. The summed E-state index contributed by atoms with van der Waals surface area (Å²) >= 11 is 0. The number of rotatable bonds is 7. The van der Waals surface area contributed by atoms with Gasteiger partial charge >= 0.3 is 0 Å². The molecule has 1 heterocycles. The summed E-state index contributed by atoms with van der Waals surface area (Å²) in [6.07, 6.45) is 1.52. The molecule has 3 aromatic rings. The summed E-state index contributed by atoms with van der Waals surface area (Å²) in [6, 6.07) is 18.3. The van der Waals surface area contributed by atoms with Crippen molar-refractivity contribution in [3.05, 3.63) is 87.8 Å². The number of benzene rings is 2. The average molecular weight is 363 g/mol. The SMILES string of the molecule is CCc1ccc(NC(=O)COc2cccc(Cc3ccc(=O)[nH]n3)c2)cc1. The van der Waals surface area contributed by atoms with E-state index in [0.29, 0.717) is 12.2 Å². The molecule has 0 atom stereocenters. The average Bonchev–Trinajstić information content (AvgIpc) is 2.69. The standard InChI is InChI=1S/C21H21N3O3/c1-2-15-6-8-17(9-7-15)22-21(26)14-27-19-5-3-4-16(13-19)12-18-10-11-20(25)24-23-18/h3-11,13H,2,12,14H2,1H3,(H,22,26)(H,24,25). The molecule has 0 saturated heterocycles. The zero-order chi connectivity index (χ0) is 19.1. The van der Waals surface area contributed by atoms with Gasteiger partial charge in [-0.1, -0.05) is 31.2 Å². The molecule has 1 aromatic heterocycles. The highest BCUT2D eigenvalue weighted by Crippen LogP contribution is 2.16. The van der Waals surface area contributed by atoms with E-state index in [1.165, 1.54) is 11.6 Å². The molecule has 3 rings (SSSR count). The predicted molar refractivity (Wildman–Crippen MR) is 104 cm³/mol. The Morgan fingerprint density at radius 1 is 1.07 bits per heavy atom. The number of aromatic nitrogens is 2. The number of carbonyl (C=O) groups excluding carboxylic acids is 1. The summed E-state index contributed by atoms with van der Waals surface area (Å²) in [7, 11) is 0. The van der Waals surface area contributed by atoms with Crippen molar-refractivity contribution in [3.63, 3.8) is 0 Å². The molecule has 0 spiro atoms. The highest BCUT2D eigenvalue weighted by molar-refractivity contribution is 5.91. The highest BCUT2D eigenvalue weighted by atomic mass is 16.5. The largest absolute Gasteiger partial charge is 0.484 e. The van der Waals surface area contributed by atoms with Crippen molar-refractivity contribution in [1.29, 1.82) is 0 Å². The number of H-pyrrole nitrogens is 1. The van der Waals surface area contributed by atoms with Crippen LogP contribution in [0.3, 0.4) is 0 Å². The topological polar surface area (TPSA) is 84.1 Å². The van der Waals surface area contributed by atoms with Crippen molar-refractivity contribution < 1.29 is 9.53 Å². The summed E-state index contributed by atoms with van der Waals surface area (Å²) in [5.41, 5.74) is 3.46. The second kappa shape index (κ2) is 8.80. The van der Waals surface area contributed by atoms with Gasteiger partial charge in [-0.15, -0.1) is 0 Å². The number of amides is 1. The molecule has 1 amide bonds. The van der Waals surface area contributed by atoms with Crippen molar-refractivity contribution in [2.45, 2.75) is 19.8 Å². The van der Waals surface area contributed by atoms with E-state index >= 15 is 0 Å². The lowest BCUT2D eigenvalue weighted by Crippen LogP contribution is -2.20. The number of nitrogens with zero attached hydrogens (tertiary/aromatic N) is 1. The van der Waals surface area contributed by atoms with E-state index in [1.54, 1.807) is 12.1 Å². The number of aromatic amines is 1. The van der Waals surface area contributed by atoms with Gasteiger partial charge in [-0.3, -0.25) is 9.59 Å². The lowest BCUT2D eigenvalue weighted by molar-refractivity contribution is -0.118. The summed E-state index contributed by atoms with van der Waals surface area (Å²) in [6.45, 7) is 2.01. The first-order valence-corrected chi connectivity index (χ1v) is 8.77. The van der Waals surface area contributed by atoms with E-state index in [9.17, 15) is 9.59 Å². The van der Waals surface area contributed by atoms with E-state index in [0.717, 1.165) is 23.4 Å². The Balaban J connectivity index is 1.54. The van der Waals surface area contributed by atoms with Gasteiger partial charge in [0.2, 0.25) is 0 Å². The normalized spacial score (nSPS) is 10.4. The van der Waals surface area contributed by atoms with Crippen LogP contribution < -0.4 is 15.6 Å². The number of ether oxygens (including phenoxy) is 1. The molecule has 6 heteroatoms. The molecule has 0 bridgehead atoms. The zero-order valence-electron chi connectivity index (χ0n) is 15.1. The quantitative estimate of drug-likeness (QED) is 0.676. The molecule has 2 aromatic carbocycles. The summed E-state index contributed by atoms with van der Waals surface area (Å²) in [5.74, 6) is 0.389. The second-order valence-corrected chi connectivity index (χ2v) is 6.12. The van der Waals surface area contributed by atoms with Crippen LogP contribution >= 0.6 is 0 Å². The van der Waals surface area contributed by atoms with E-state index in [1.807, 2.05) is 42.5 Å². The number of hydrogen-bond acceptors (Lipinski definition) is 4. The van der Waals surface area contributed by atoms with Gasteiger partial charge in [0.15, 0.2) is 6.61 Å². The molecule has 0 saturated carbocycles. The summed E-state index contributed by atoms with van der Waals surface area (Å²) in [5, 5.41) is 9.23. The van der Waals surface area contributed by atoms with Gasteiger partial charge in [0.1, 0.15) is 5.75 Å². The van der Waals surface area contributed by atoms with Crippen LogP contribution in [-0.2, 0) is 17.6 Å². The van der Waals surface area contributed by atoms with Crippen LogP contribution in [0.1, 0.15) is 23.7 Å². The van der Waals surface area contributed by atoms with Gasteiger partial charge in [-0.2, -0.15) is 5.10 Å². The fraction of sp³-hybridized carbons (Fsp3) is 0.190. The van der Waals surface area contributed by atoms with E-state index in [2.05, 4.69) is 22.4 Å². The molecule has 0 fully saturated rings. The number of hydrogen-bond donors (Lipinski definition) is 2. The van der Waals surface area contributed by atoms with Gasteiger partial charge in [-0.25, -0.2) is 5.10 Å². The Morgan fingerprint density at radius 3 is 2.59 bits per heavy atom. The fourth-order valence-corrected chi connectivity index (χ4v) is 2.60. The minimum atomic E-state index is -0.230. The van der Waals surface area contributed by atoms with E-state index < -0.39 is 0 Å². The lowest BCUT2D eigenvalue weighted by Gasteiger charge is -2.09. The van der Waals surface area contributed by atoms with Crippen LogP contribution in [-0.4, -0.2) is 22.7 Å². The van der Waals surface area contributed by atoms with Gasteiger partial charge in [0, 0.05) is 18.2 Å². The maximum absolute atomic E-state index is 12.1. The third kappa shape index (κ3) is 5.54. The first-order chi connectivity index (χ1) is 13.1. The molecule has 0 unspecified atom stereocenters. The minimum absolute atomic E-state index is 0.0735. The predicted octanol–water partition coefficient (Wildman–Crippen LogP) is 2.94. The number of anilines is 1. The molecular formula is C21H21N3O3. The van der Waals surface area contributed by atoms with Crippen molar-refractivity contribution in [1.82, 2.24) is 10.2 Å². The third-order valence-corrected chi connectivity index (χ3v) is 4.04. The van der Waals surface area contributed by atoms with Crippen molar-refractivity contribution in [2.75, 3.05) is 11.9 Å². The summed E-state index contributed by atoms with van der Waals surface area (Å²) < 4.78 is 5.59. The molecule has 138 valence electrons. The van der Waals surface area contributed by atoms with E-state index in [-0.39, 0.29) is 18.1 Å². The molecule has 27 heavy (non-hydrogen) atoms. The van der Waals surface area contributed by atoms with Crippen LogP contribution in [0.2, 0.25) is 0 Å². The van der Waals surface area contributed by atoms with Crippen molar-refractivity contribution in [2.24, 2.45) is 0 Å². The Hall–Kier alpha value is -3.41. The Bertz CT molecular complexity index is 944. The molecule has 2 N–H and O–H groups in total. The minimum Gasteiger partial charge on any atom is -0.484 e. The first-order valence-electron chi connectivity index (χ1n) is 8.77.